The lowest BCUT2D eigenvalue weighted by atomic mass is 10.1. The largest absolute Gasteiger partial charge is 0.493 e. The molecule has 1 saturated heterocycles. The van der Waals surface area contributed by atoms with Crippen LogP contribution in [0.15, 0.2) is 30.3 Å². The van der Waals surface area contributed by atoms with Crippen molar-refractivity contribution in [2.75, 3.05) is 53.6 Å². The Bertz CT molecular complexity index is 1090. The number of benzene rings is 2. The predicted molar refractivity (Wildman–Crippen MR) is 120 cm³/mol. The maximum atomic E-state index is 13.3. The Balaban J connectivity index is 1.76. The van der Waals surface area contributed by atoms with Crippen molar-refractivity contribution < 1.29 is 33.1 Å². The molecule has 0 unspecified atom stereocenters. The van der Waals surface area contributed by atoms with Gasteiger partial charge in [-0.15, -0.1) is 0 Å². The Labute approximate surface area is 199 Å². The summed E-state index contributed by atoms with van der Waals surface area (Å²) in [4.78, 5) is 39.8. The number of nitro benzene ring substituents is 1. The number of methoxy groups -OCH3 is 2. The standard InChI is InChI=1S/C22H23ClFN3O7/c1-32-9-10-34-20-13-18(27(30)31)16(12-19(20)33-2)22(29)26-7-5-25(6-8-26)21(28)15-4-3-14(24)11-17(15)23/h3-4,11-13H,5-10H2,1-2H3. The number of nitro groups is 1. The van der Waals surface area contributed by atoms with E-state index in [0.717, 1.165) is 18.2 Å². The maximum Gasteiger partial charge on any atom is 0.286 e. The molecule has 1 aliphatic heterocycles. The molecule has 0 aliphatic carbocycles. The van der Waals surface area contributed by atoms with Gasteiger partial charge in [0.2, 0.25) is 0 Å². The van der Waals surface area contributed by atoms with Gasteiger partial charge in [-0.05, 0) is 18.2 Å². The van der Waals surface area contributed by atoms with E-state index in [0.29, 0.717) is 0 Å². The Morgan fingerprint density at radius 1 is 1.00 bits per heavy atom. The van der Waals surface area contributed by atoms with Crippen molar-refractivity contribution in [3.63, 3.8) is 0 Å². The van der Waals surface area contributed by atoms with Crippen LogP contribution in [0.5, 0.6) is 11.5 Å². The van der Waals surface area contributed by atoms with Crippen molar-refractivity contribution in [1.82, 2.24) is 9.80 Å². The van der Waals surface area contributed by atoms with Gasteiger partial charge in [0.1, 0.15) is 18.0 Å². The molecule has 1 fully saturated rings. The molecule has 0 saturated carbocycles. The highest BCUT2D eigenvalue weighted by Gasteiger charge is 2.31. The summed E-state index contributed by atoms with van der Waals surface area (Å²) in [7, 11) is 2.86. The molecule has 0 radical (unpaired) electrons. The topological polar surface area (TPSA) is 111 Å². The quantitative estimate of drug-likeness (QED) is 0.314. The molecule has 2 aromatic carbocycles. The molecule has 10 nitrogen and oxygen atoms in total. The normalized spacial score (nSPS) is 13.5. The van der Waals surface area contributed by atoms with E-state index in [1.54, 1.807) is 0 Å². The van der Waals surface area contributed by atoms with Gasteiger partial charge in [-0.3, -0.25) is 19.7 Å². The Morgan fingerprint density at radius 3 is 2.15 bits per heavy atom. The summed E-state index contributed by atoms with van der Waals surface area (Å²) in [6, 6.07) is 5.94. The molecule has 2 amide bonds. The number of nitrogens with zero attached hydrogens (tertiary/aromatic N) is 3. The molecule has 3 rings (SSSR count). The molecular weight excluding hydrogens is 473 g/mol. The number of ether oxygens (including phenoxy) is 3. The van der Waals surface area contributed by atoms with Crippen LogP contribution in [0.25, 0.3) is 0 Å². The third-order valence-corrected chi connectivity index (χ3v) is 5.58. The highest BCUT2D eigenvalue weighted by molar-refractivity contribution is 6.33. The molecule has 0 atom stereocenters. The number of hydrogen-bond donors (Lipinski definition) is 0. The van der Waals surface area contributed by atoms with Crippen molar-refractivity contribution in [2.24, 2.45) is 0 Å². The van der Waals surface area contributed by atoms with Gasteiger partial charge < -0.3 is 24.0 Å². The smallest absolute Gasteiger partial charge is 0.286 e. The SMILES string of the molecule is COCCOc1cc([N+](=O)[O-])c(C(=O)N2CCN(C(=O)c3ccc(F)cc3Cl)CC2)cc1OC. The summed E-state index contributed by atoms with van der Waals surface area (Å²) >= 11 is 5.99. The van der Waals surface area contributed by atoms with Crippen molar-refractivity contribution in [3.8, 4) is 11.5 Å². The van der Waals surface area contributed by atoms with E-state index in [4.69, 9.17) is 25.8 Å². The number of hydrogen-bond acceptors (Lipinski definition) is 7. The third-order valence-electron chi connectivity index (χ3n) is 5.27. The summed E-state index contributed by atoms with van der Waals surface area (Å²) < 4.78 is 28.9. The van der Waals surface area contributed by atoms with Gasteiger partial charge in [0.05, 0.1) is 35.3 Å². The highest BCUT2D eigenvalue weighted by Crippen LogP contribution is 2.35. The second-order valence-electron chi connectivity index (χ2n) is 7.33. The molecule has 1 aliphatic rings. The third kappa shape index (κ3) is 5.54. The summed E-state index contributed by atoms with van der Waals surface area (Å²) in [5, 5.41) is 11.7. The van der Waals surface area contributed by atoms with Gasteiger partial charge >= 0.3 is 0 Å². The molecule has 0 N–H and O–H groups in total. The monoisotopic (exact) mass is 495 g/mol. The van der Waals surface area contributed by atoms with Gasteiger partial charge in [0.25, 0.3) is 17.5 Å². The summed E-state index contributed by atoms with van der Waals surface area (Å²) in [5.74, 6) is -1.22. The summed E-state index contributed by atoms with van der Waals surface area (Å²) in [6.45, 7) is 1.07. The average Bonchev–Trinajstić information content (AvgIpc) is 2.83. The minimum Gasteiger partial charge on any atom is -0.493 e. The Hall–Kier alpha value is -3.44. The highest BCUT2D eigenvalue weighted by atomic mass is 35.5. The molecule has 12 heteroatoms. The van der Waals surface area contributed by atoms with Gasteiger partial charge in [-0.2, -0.15) is 0 Å². The first-order chi connectivity index (χ1) is 16.3. The van der Waals surface area contributed by atoms with E-state index in [1.165, 1.54) is 36.2 Å². The van der Waals surface area contributed by atoms with Crippen LogP contribution in [0.3, 0.4) is 0 Å². The van der Waals surface area contributed by atoms with Crippen LogP contribution in [0.1, 0.15) is 20.7 Å². The number of carbonyl (C=O) groups is 2. The van der Waals surface area contributed by atoms with Crippen LogP contribution in [0.4, 0.5) is 10.1 Å². The minimum atomic E-state index is -0.661. The summed E-state index contributed by atoms with van der Waals surface area (Å²) in [6.07, 6.45) is 0. The van der Waals surface area contributed by atoms with E-state index < -0.39 is 22.3 Å². The van der Waals surface area contributed by atoms with Crippen LogP contribution in [-0.2, 0) is 4.74 Å². The zero-order chi connectivity index (χ0) is 24.8. The molecule has 34 heavy (non-hydrogen) atoms. The fraction of sp³-hybridized carbons (Fsp3) is 0.364. The van der Waals surface area contributed by atoms with E-state index in [-0.39, 0.29) is 72.9 Å². The van der Waals surface area contributed by atoms with Gasteiger partial charge in [-0.1, -0.05) is 11.6 Å². The van der Waals surface area contributed by atoms with Gasteiger partial charge in [0, 0.05) is 39.4 Å². The van der Waals surface area contributed by atoms with Crippen LogP contribution in [-0.4, -0.2) is 80.1 Å². The van der Waals surface area contributed by atoms with Crippen LogP contribution < -0.4 is 9.47 Å². The molecule has 2 aromatic rings. The lowest BCUT2D eigenvalue weighted by Gasteiger charge is -2.35. The van der Waals surface area contributed by atoms with E-state index in [1.807, 2.05) is 0 Å². The van der Waals surface area contributed by atoms with Gasteiger partial charge in [-0.25, -0.2) is 4.39 Å². The second kappa shape index (κ2) is 11.1. The van der Waals surface area contributed by atoms with Crippen molar-refractivity contribution in [2.45, 2.75) is 0 Å². The van der Waals surface area contributed by atoms with Crippen LogP contribution in [0.2, 0.25) is 5.02 Å². The molecular formula is C22H23ClFN3O7. The first-order valence-corrected chi connectivity index (χ1v) is 10.7. The zero-order valence-corrected chi connectivity index (χ0v) is 19.3. The molecule has 1 heterocycles. The van der Waals surface area contributed by atoms with Crippen molar-refractivity contribution in [1.29, 1.82) is 0 Å². The first-order valence-electron chi connectivity index (χ1n) is 10.3. The predicted octanol–water partition coefficient (Wildman–Crippen LogP) is 3.02. The zero-order valence-electron chi connectivity index (χ0n) is 18.6. The number of piperazine rings is 1. The Morgan fingerprint density at radius 2 is 1.62 bits per heavy atom. The molecule has 0 aromatic heterocycles. The fourth-order valence-corrected chi connectivity index (χ4v) is 3.74. The number of rotatable bonds is 8. The summed E-state index contributed by atoms with van der Waals surface area (Å²) in [5.41, 5.74) is -0.413. The van der Waals surface area contributed by atoms with E-state index in [9.17, 15) is 24.1 Å². The molecule has 0 spiro atoms. The first kappa shape index (κ1) is 25.2. The van der Waals surface area contributed by atoms with Gasteiger partial charge in [0.15, 0.2) is 11.5 Å². The fourth-order valence-electron chi connectivity index (χ4n) is 3.50. The number of amides is 2. The van der Waals surface area contributed by atoms with Crippen molar-refractivity contribution >= 4 is 29.1 Å². The second-order valence-corrected chi connectivity index (χ2v) is 7.73. The van der Waals surface area contributed by atoms with Crippen molar-refractivity contribution in [3.05, 3.63) is 62.4 Å². The number of carbonyl (C=O) groups excluding carboxylic acids is 2. The Kier molecular flexibility index (Phi) is 8.24. The minimum absolute atomic E-state index is 0.000895. The maximum absolute atomic E-state index is 13.3. The lowest BCUT2D eigenvalue weighted by molar-refractivity contribution is -0.385. The average molecular weight is 496 g/mol. The molecule has 0 bridgehead atoms. The molecule has 182 valence electrons. The lowest BCUT2D eigenvalue weighted by Crippen LogP contribution is -2.50. The van der Waals surface area contributed by atoms with E-state index in [2.05, 4.69) is 0 Å². The van der Waals surface area contributed by atoms with Crippen LogP contribution in [0, 0.1) is 15.9 Å². The van der Waals surface area contributed by atoms with E-state index >= 15 is 0 Å². The number of halogens is 2. The van der Waals surface area contributed by atoms with Crippen LogP contribution >= 0.6 is 11.6 Å².